The van der Waals surface area contributed by atoms with E-state index in [1.165, 1.54) is 0 Å². The topological polar surface area (TPSA) is 87.7 Å². The third-order valence-corrected chi connectivity index (χ3v) is 6.45. The number of nitrogens with one attached hydrogen (secondary N) is 2. The average molecular weight is 524 g/mol. The normalized spacial score (nSPS) is 12.8. The van der Waals surface area contributed by atoms with Crippen molar-refractivity contribution in [3.05, 3.63) is 64.7 Å². The molecule has 2 N–H and O–H groups in total. The van der Waals surface area contributed by atoms with Gasteiger partial charge in [0.1, 0.15) is 17.7 Å². The summed E-state index contributed by atoms with van der Waals surface area (Å²) in [5.74, 6) is -0.633. The number of hydrogen-bond acceptors (Lipinski definition) is 4. The lowest BCUT2D eigenvalue weighted by atomic mass is 9.98. The number of alkyl carbamates (subject to hydrolysis) is 1. The van der Waals surface area contributed by atoms with E-state index in [1.54, 1.807) is 32.6 Å². The van der Waals surface area contributed by atoms with Crippen molar-refractivity contribution >= 4 is 23.6 Å². The molecular formula is C31H45N3O4. The van der Waals surface area contributed by atoms with Crippen LogP contribution < -0.4 is 10.6 Å². The summed E-state index contributed by atoms with van der Waals surface area (Å²) >= 11 is 0. The third kappa shape index (κ3) is 9.19. The fourth-order valence-corrected chi connectivity index (χ4v) is 4.19. The Morgan fingerprint density at radius 1 is 0.921 bits per heavy atom. The number of ether oxygens (including phenoxy) is 1. The van der Waals surface area contributed by atoms with Crippen molar-refractivity contribution in [3.63, 3.8) is 0 Å². The summed E-state index contributed by atoms with van der Waals surface area (Å²) in [6.07, 6.45) is 3.11. The average Bonchev–Trinajstić information content (AvgIpc) is 2.82. The van der Waals surface area contributed by atoms with E-state index in [4.69, 9.17) is 4.74 Å². The van der Waals surface area contributed by atoms with Gasteiger partial charge in [0, 0.05) is 12.2 Å². The molecule has 0 aliphatic rings. The van der Waals surface area contributed by atoms with E-state index in [9.17, 15) is 14.4 Å². The molecule has 2 unspecified atom stereocenters. The maximum Gasteiger partial charge on any atom is 0.408 e. The van der Waals surface area contributed by atoms with Crippen molar-refractivity contribution in [2.75, 3.05) is 11.9 Å². The van der Waals surface area contributed by atoms with Crippen molar-refractivity contribution in [2.45, 2.75) is 98.8 Å². The van der Waals surface area contributed by atoms with E-state index in [-0.39, 0.29) is 11.8 Å². The highest BCUT2D eigenvalue weighted by atomic mass is 16.6. The number of nitrogens with zero attached hydrogens (tertiary/aromatic N) is 1. The minimum Gasteiger partial charge on any atom is -0.444 e. The maximum absolute atomic E-state index is 13.9. The molecule has 0 aliphatic carbocycles. The van der Waals surface area contributed by atoms with E-state index in [0.29, 0.717) is 12.2 Å². The summed E-state index contributed by atoms with van der Waals surface area (Å²) in [7, 11) is 0. The van der Waals surface area contributed by atoms with Gasteiger partial charge in [0.2, 0.25) is 5.91 Å². The summed E-state index contributed by atoms with van der Waals surface area (Å²) in [6.45, 7) is 15.4. The van der Waals surface area contributed by atoms with Gasteiger partial charge in [-0.2, -0.15) is 0 Å². The van der Waals surface area contributed by atoms with Gasteiger partial charge in [-0.1, -0.05) is 62.6 Å². The Balaban J connectivity index is 2.47. The molecule has 0 aliphatic heterocycles. The first-order chi connectivity index (χ1) is 17.8. The molecule has 38 heavy (non-hydrogen) atoms. The zero-order chi connectivity index (χ0) is 28.5. The Kier molecular flexibility index (Phi) is 11.4. The lowest BCUT2D eigenvalue weighted by Gasteiger charge is -2.34. The standard InChI is InChI=1S/C31H45N3O4/c1-9-10-11-14-19-34(29(36)24(5)32-30(37)38-31(6,7)8)27(25-18-17-21(2)23(4)20-25)28(35)33-26-16-13-12-15-22(26)3/h12-13,15-18,20,24,27H,9-11,14,19H2,1-8H3,(H,32,37)(H,33,35). The molecule has 2 aromatic rings. The fraction of sp³-hybridized carbons (Fsp3) is 0.516. The Morgan fingerprint density at radius 2 is 1.61 bits per heavy atom. The minimum absolute atomic E-state index is 0.295. The van der Waals surface area contributed by atoms with Crippen molar-refractivity contribution in [2.24, 2.45) is 0 Å². The summed E-state index contributed by atoms with van der Waals surface area (Å²) in [4.78, 5) is 41.8. The van der Waals surface area contributed by atoms with Crippen molar-refractivity contribution in [3.8, 4) is 0 Å². The quantitative estimate of drug-likeness (QED) is 0.324. The highest BCUT2D eigenvalue weighted by Crippen LogP contribution is 2.27. The predicted octanol–water partition coefficient (Wildman–Crippen LogP) is 6.61. The van der Waals surface area contributed by atoms with Crippen LogP contribution in [0, 0.1) is 20.8 Å². The molecule has 0 spiro atoms. The van der Waals surface area contributed by atoms with Crippen LogP contribution in [-0.2, 0) is 14.3 Å². The largest absolute Gasteiger partial charge is 0.444 e. The summed E-state index contributed by atoms with van der Waals surface area (Å²) in [5.41, 5.74) is 3.81. The molecule has 0 radical (unpaired) electrons. The van der Waals surface area contributed by atoms with Crippen LogP contribution >= 0.6 is 0 Å². The van der Waals surface area contributed by atoms with Crippen LogP contribution in [0.2, 0.25) is 0 Å². The van der Waals surface area contributed by atoms with Gasteiger partial charge in [0.05, 0.1) is 0 Å². The molecule has 3 amide bonds. The van der Waals surface area contributed by atoms with Crippen LogP contribution in [0.1, 0.15) is 88.6 Å². The molecule has 0 fully saturated rings. The first kappa shape index (κ1) is 30.9. The lowest BCUT2D eigenvalue weighted by molar-refractivity contribution is -0.140. The van der Waals surface area contributed by atoms with Crippen molar-refractivity contribution in [1.82, 2.24) is 10.2 Å². The van der Waals surface area contributed by atoms with Gasteiger partial charge < -0.3 is 20.3 Å². The monoisotopic (exact) mass is 523 g/mol. The van der Waals surface area contributed by atoms with Gasteiger partial charge in [-0.05, 0) is 83.2 Å². The van der Waals surface area contributed by atoms with Crippen LogP contribution in [0.3, 0.4) is 0 Å². The first-order valence-electron chi connectivity index (χ1n) is 13.6. The summed E-state index contributed by atoms with van der Waals surface area (Å²) in [6, 6.07) is 11.7. The second-order valence-corrected chi connectivity index (χ2v) is 11.0. The predicted molar refractivity (Wildman–Crippen MR) is 153 cm³/mol. The molecule has 2 rings (SSSR count). The number of para-hydroxylation sites is 1. The zero-order valence-corrected chi connectivity index (χ0v) is 24.3. The van der Waals surface area contributed by atoms with Crippen LogP contribution in [0.25, 0.3) is 0 Å². The molecule has 0 aromatic heterocycles. The third-order valence-electron chi connectivity index (χ3n) is 6.45. The number of anilines is 1. The molecule has 0 saturated carbocycles. The Morgan fingerprint density at radius 3 is 2.21 bits per heavy atom. The smallest absolute Gasteiger partial charge is 0.408 e. The van der Waals surface area contributed by atoms with E-state index in [1.807, 2.05) is 63.2 Å². The van der Waals surface area contributed by atoms with Crippen LogP contribution in [0.5, 0.6) is 0 Å². The number of carbonyl (C=O) groups is 3. The van der Waals surface area contributed by atoms with Gasteiger partial charge in [0.25, 0.3) is 5.91 Å². The molecular weight excluding hydrogens is 478 g/mol. The molecule has 7 nitrogen and oxygen atoms in total. The number of benzene rings is 2. The number of rotatable bonds is 11. The second kappa shape index (κ2) is 14.0. The molecule has 0 saturated heterocycles. The van der Waals surface area contributed by atoms with Gasteiger partial charge in [0.15, 0.2) is 0 Å². The number of hydrogen-bond donors (Lipinski definition) is 2. The zero-order valence-electron chi connectivity index (χ0n) is 24.3. The highest BCUT2D eigenvalue weighted by Gasteiger charge is 2.35. The minimum atomic E-state index is -0.878. The molecule has 0 bridgehead atoms. The first-order valence-corrected chi connectivity index (χ1v) is 13.6. The van der Waals surface area contributed by atoms with E-state index >= 15 is 0 Å². The molecule has 0 heterocycles. The molecule has 208 valence electrons. The van der Waals surface area contributed by atoms with Crippen molar-refractivity contribution < 1.29 is 19.1 Å². The van der Waals surface area contributed by atoms with Crippen LogP contribution in [-0.4, -0.2) is 41.0 Å². The maximum atomic E-state index is 13.9. The number of amides is 3. The highest BCUT2D eigenvalue weighted by molar-refractivity contribution is 5.99. The van der Waals surface area contributed by atoms with Gasteiger partial charge in [-0.3, -0.25) is 9.59 Å². The fourth-order valence-electron chi connectivity index (χ4n) is 4.19. The lowest BCUT2D eigenvalue weighted by Crippen LogP contribution is -2.51. The summed E-state index contributed by atoms with van der Waals surface area (Å²) < 4.78 is 5.36. The molecule has 2 atom stereocenters. The second-order valence-electron chi connectivity index (χ2n) is 11.0. The molecule has 7 heteroatoms. The summed E-state index contributed by atoms with van der Waals surface area (Å²) in [5, 5.41) is 5.70. The van der Waals surface area contributed by atoms with Crippen molar-refractivity contribution in [1.29, 1.82) is 0 Å². The van der Waals surface area contributed by atoms with Gasteiger partial charge >= 0.3 is 6.09 Å². The Labute approximate surface area is 228 Å². The number of unbranched alkanes of at least 4 members (excludes halogenated alkanes) is 3. The Hall–Kier alpha value is -3.35. The van der Waals surface area contributed by atoms with E-state index < -0.39 is 23.8 Å². The number of aryl methyl sites for hydroxylation is 3. The van der Waals surface area contributed by atoms with Gasteiger partial charge in [-0.15, -0.1) is 0 Å². The van der Waals surface area contributed by atoms with Gasteiger partial charge in [-0.25, -0.2) is 4.79 Å². The molecule has 2 aromatic carbocycles. The number of carbonyl (C=O) groups excluding carboxylic acids is 3. The van der Waals surface area contributed by atoms with Crippen LogP contribution in [0.15, 0.2) is 42.5 Å². The van der Waals surface area contributed by atoms with Crippen LogP contribution in [0.4, 0.5) is 10.5 Å². The van der Waals surface area contributed by atoms with E-state index in [0.717, 1.165) is 47.9 Å². The van der Waals surface area contributed by atoms with E-state index in [2.05, 4.69) is 17.6 Å². The SMILES string of the molecule is CCCCCCN(C(=O)C(C)NC(=O)OC(C)(C)C)C(C(=O)Nc1ccccc1C)c1ccc(C)c(C)c1. The Bertz CT molecular complexity index is 1110.